The van der Waals surface area contributed by atoms with Crippen molar-refractivity contribution < 1.29 is 5.11 Å². The van der Waals surface area contributed by atoms with Crippen LogP contribution in [0.3, 0.4) is 0 Å². The van der Waals surface area contributed by atoms with Gasteiger partial charge in [-0.2, -0.15) is 0 Å². The van der Waals surface area contributed by atoms with Crippen LogP contribution in [0.1, 0.15) is 23.1 Å². The van der Waals surface area contributed by atoms with Gasteiger partial charge in [-0.05, 0) is 24.1 Å². The molecule has 2 rings (SSSR count). The molecule has 0 bridgehead atoms. The number of benzene rings is 2. The van der Waals surface area contributed by atoms with Gasteiger partial charge < -0.3 is 5.11 Å². The van der Waals surface area contributed by atoms with E-state index in [2.05, 4.69) is 28.9 Å². The van der Waals surface area contributed by atoms with Gasteiger partial charge in [-0.25, -0.2) is 0 Å². The van der Waals surface area contributed by atoms with E-state index in [1.54, 1.807) is 12.1 Å². The van der Waals surface area contributed by atoms with E-state index in [0.29, 0.717) is 11.1 Å². The maximum atomic E-state index is 9.78. The Kier molecular flexibility index (Phi) is 5.15. The Labute approximate surface area is 124 Å². The van der Waals surface area contributed by atoms with Crippen molar-refractivity contribution in [2.24, 2.45) is 0 Å². The lowest BCUT2D eigenvalue weighted by molar-refractivity contribution is 0.511. The molecule has 0 saturated heterocycles. The van der Waals surface area contributed by atoms with Crippen molar-refractivity contribution >= 4 is 5.76 Å². The second-order valence-electron chi connectivity index (χ2n) is 4.46. The second-order valence-corrected chi connectivity index (χ2v) is 4.46. The van der Waals surface area contributed by atoms with E-state index in [-0.39, 0.29) is 5.76 Å². The lowest BCUT2D eigenvalue weighted by atomic mass is 10.1. The Morgan fingerprint density at radius 1 is 1.10 bits per heavy atom. The smallest absolute Gasteiger partial charge is 0.392 e. The fraction of sp³-hybridized carbons (Fsp3) is 0.111. The molecule has 0 aromatic heterocycles. The first kappa shape index (κ1) is 14.4. The molecule has 21 heavy (non-hydrogen) atoms. The lowest BCUT2D eigenvalue weighted by Gasteiger charge is -1.99. The molecule has 102 valence electrons. The van der Waals surface area contributed by atoms with Gasteiger partial charge in [-0.1, -0.05) is 54.3 Å². The predicted molar refractivity (Wildman–Crippen MR) is 83.8 cm³/mol. The van der Waals surface area contributed by atoms with Crippen LogP contribution < -0.4 is 0 Å². The van der Waals surface area contributed by atoms with E-state index in [0.717, 1.165) is 19.0 Å². The Bertz CT molecular complexity index is 731. The van der Waals surface area contributed by atoms with Crippen molar-refractivity contribution in [3.05, 3.63) is 82.5 Å². The molecule has 2 aromatic rings. The molecule has 0 amide bonds. The van der Waals surface area contributed by atoms with Crippen LogP contribution in [0.2, 0.25) is 0 Å². The monoisotopic (exact) mass is 275 g/mol. The molecule has 0 spiro atoms. The van der Waals surface area contributed by atoms with Gasteiger partial charge in [0.2, 0.25) is 11.2 Å². The maximum absolute atomic E-state index is 9.78. The Morgan fingerprint density at radius 2 is 1.81 bits per heavy atom. The third-order valence-corrected chi connectivity index (χ3v) is 2.99. The van der Waals surface area contributed by atoms with Gasteiger partial charge in [-0.3, -0.25) is 0 Å². The number of aliphatic hydroxyl groups excluding tert-OH is 1. The van der Waals surface area contributed by atoms with Crippen molar-refractivity contribution in [3.63, 3.8) is 0 Å². The molecular formula is C18H15N2O+. The number of aryl methyl sites for hydroxylation is 1. The number of nitrogens with zero attached hydrogens (tertiary/aromatic N) is 2. The maximum Gasteiger partial charge on any atom is 0.392 e. The summed E-state index contributed by atoms with van der Waals surface area (Å²) >= 11 is 0. The fourth-order valence-electron chi connectivity index (χ4n) is 1.95. The summed E-state index contributed by atoms with van der Waals surface area (Å²) in [7, 11) is 0. The zero-order chi connectivity index (χ0) is 14.9. The van der Waals surface area contributed by atoms with Gasteiger partial charge in [0.05, 0.1) is 0 Å². The Morgan fingerprint density at radius 3 is 2.57 bits per heavy atom. The van der Waals surface area contributed by atoms with Gasteiger partial charge in [0.25, 0.3) is 0 Å². The SMILES string of the molecule is N#[N+]C=C(O)c1ccccc1C#CCCc1ccccc1. The molecule has 0 aliphatic heterocycles. The zero-order valence-electron chi connectivity index (χ0n) is 11.5. The minimum absolute atomic E-state index is 0.106. The molecule has 0 unspecified atom stereocenters. The minimum Gasteiger partial charge on any atom is -0.501 e. The third-order valence-electron chi connectivity index (χ3n) is 2.99. The van der Waals surface area contributed by atoms with Gasteiger partial charge >= 0.3 is 6.20 Å². The van der Waals surface area contributed by atoms with E-state index in [1.165, 1.54) is 5.56 Å². The average Bonchev–Trinajstić information content (AvgIpc) is 2.53. The van der Waals surface area contributed by atoms with E-state index >= 15 is 0 Å². The zero-order valence-corrected chi connectivity index (χ0v) is 11.5. The number of diazo groups is 1. The van der Waals surface area contributed by atoms with Crippen LogP contribution in [-0.2, 0) is 6.42 Å². The molecular weight excluding hydrogens is 260 g/mol. The van der Waals surface area contributed by atoms with E-state index in [1.807, 2.05) is 30.3 Å². The molecule has 0 fully saturated rings. The molecule has 0 heterocycles. The van der Waals surface area contributed by atoms with E-state index < -0.39 is 0 Å². The van der Waals surface area contributed by atoms with Crippen molar-refractivity contribution in [2.75, 3.05) is 0 Å². The Hall–Kier alpha value is -3.04. The van der Waals surface area contributed by atoms with Gasteiger partial charge in [0, 0.05) is 17.5 Å². The molecule has 3 heteroatoms. The molecule has 0 atom stereocenters. The fourth-order valence-corrected chi connectivity index (χ4v) is 1.95. The van der Waals surface area contributed by atoms with Gasteiger partial charge in [0.15, 0.2) is 4.98 Å². The quantitative estimate of drug-likeness (QED) is 0.513. The highest BCUT2D eigenvalue weighted by molar-refractivity contribution is 5.66. The van der Waals surface area contributed by atoms with Crippen molar-refractivity contribution in [2.45, 2.75) is 12.8 Å². The number of rotatable bonds is 3. The summed E-state index contributed by atoms with van der Waals surface area (Å²) in [6.45, 7) is 0. The Balaban J connectivity index is 2.09. The van der Waals surface area contributed by atoms with Crippen molar-refractivity contribution in [1.82, 2.24) is 0 Å². The average molecular weight is 275 g/mol. The second kappa shape index (κ2) is 7.53. The van der Waals surface area contributed by atoms with E-state index in [9.17, 15) is 5.11 Å². The van der Waals surface area contributed by atoms with Crippen LogP contribution >= 0.6 is 0 Å². The minimum atomic E-state index is -0.106. The highest BCUT2D eigenvalue weighted by Gasteiger charge is 2.07. The van der Waals surface area contributed by atoms with Crippen LogP contribution in [-0.4, -0.2) is 5.11 Å². The topological polar surface area (TPSA) is 48.4 Å². The first-order chi connectivity index (χ1) is 10.3. The predicted octanol–water partition coefficient (Wildman–Crippen LogP) is 4.38. The third kappa shape index (κ3) is 4.23. The molecule has 2 aromatic carbocycles. The summed E-state index contributed by atoms with van der Waals surface area (Å²) in [5.41, 5.74) is 2.52. The van der Waals surface area contributed by atoms with Crippen LogP contribution in [0.4, 0.5) is 0 Å². The molecule has 1 N–H and O–H groups in total. The highest BCUT2D eigenvalue weighted by atomic mass is 16.3. The van der Waals surface area contributed by atoms with Crippen LogP contribution in [0, 0.1) is 17.2 Å². The van der Waals surface area contributed by atoms with Crippen LogP contribution in [0.25, 0.3) is 10.7 Å². The summed E-state index contributed by atoms with van der Waals surface area (Å²) in [6.07, 6.45) is 2.63. The van der Waals surface area contributed by atoms with Crippen molar-refractivity contribution in [1.29, 1.82) is 5.39 Å². The molecule has 0 radical (unpaired) electrons. The molecule has 0 saturated carbocycles. The van der Waals surface area contributed by atoms with Gasteiger partial charge in [0.1, 0.15) is 0 Å². The first-order valence-electron chi connectivity index (χ1n) is 6.67. The largest absolute Gasteiger partial charge is 0.501 e. The molecule has 0 aliphatic carbocycles. The van der Waals surface area contributed by atoms with Crippen LogP contribution in [0.15, 0.2) is 60.8 Å². The van der Waals surface area contributed by atoms with Gasteiger partial charge in [-0.15, -0.1) is 0 Å². The van der Waals surface area contributed by atoms with E-state index in [4.69, 9.17) is 5.39 Å². The first-order valence-corrected chi connectivity index (χ1v) is 6.67. The summed E-state index contributed by atoms with van der Waals surface area (Å²) in [6, 6.07) is 17.4. The summed E-state index contributed by atoms with van der Waals surface area (Å²) in [5, 5.41) is 18.3. The summed E-state index contributed by atoms with van der Waals surface area (Å²) < 4.78 is 0. The summed E-state index contributed by atoms with van der Waals surface area (Å²) in [4.78, 5) is 2.83. The lowest BCUT2D eigenvalue weighted by Crippen LogP contribution is -1.88. The number of hydrogen-bond donors (Lipinski definition) is 1. The number of aliphatic hydroxyl groups is 1. The van der Waals surface area contributed by atoms with Crippen LogP contribution in [0.5, 0.6) is 0 Å². The van der Waals surface area contributed by atoms with Crippen molar-refractivity contribution in [3.8, 4) is 11.8 Å². The highest BCUT2D eigenvalue weighted by Crippen LogP contribution is 2.16. The molecule has 3 nitrogen and oxygen atoms in total. The normalized spacial score (nSPS) is 10.3. The molecule has 0 aliphatic rings. The standard InChI is InChI=1S/C18H14N2O/c19-20-14-18(21)17-13-7-6-12-16(17)11-5-4-10-15-8-2-1-3-9-15/h1-3,6-9,12-14H,4,10H2/p+1. The summed E-state index contributed by atoms with van der Waals surface area (Å²) in [5.74, 6) is 6.05. The number of hydrogen-bond acceptors (Lipinski definition) is 2.